The average molecular weight is 407 g/mol. The van der Waals surface area contributed by atoms with Gasteiger partial charge in [-0.3, -0.25) is 0 Å². The summed E-state index contributed by atoms with van der Waals surface area (Å²) in [6, 6.07) is 13.6. The fourth-order valence-electron chi connectivity index (χ4n) is 2.19. The molecule has 0 amide bonds. The van der Waals surface area contributed by atoms with Crippen molar-refractivity contribution < 1.29 is 18.9 Å². The summed E-state index contributed by atoms with van der Waals surface area (Å²) >= 11 is 3.41. The van der Waals surface area contributed by atoms with Crippen LogP contribution in [0.25, 0.3) is 6.08 Å². The van der Waals surface area contributed by atoms with Crippen molar-refractivity contribution in [3.63, 3.8) is 0 Å². The number of hydrogen-bond donors (Lipinski definition) is 0. The normalized spacial score (nSPS) is 10.8. The monoisotopic (exact) mass is 406 g/mol. The Labute approximate surface area is 157 Å². The van der Waals surface area contributed by atoms with Gasteiger partial charge in [0.25, 0.3) is 0 Å². The second-order valence-corrected chi connectivity index (χ2v) is 6.09. The van der Waals surface area contributed by atoms with Crippen molar-refractivity contribution in [2.75, 3.05) is 33.5 Å². The molecule has 0 saturated carbocycles. The number of hydrogen-bond acceptors (Lipinski definition) is 4. The van der Waals surface area contributed by atoms with Crippen LogP contribution in [0.5, 0.6) is 17.2 Å². The van der Waals surface area contributed by atoms with Crippen molar-refractivity contribution in [3.8, 4) is 17.2 Å². The molecule has 2 rings (SSSR count). The maximum Gasteiger partial charge on any atom is 0.161 e. The van der Waals surface area contributed by atoms with Crippen LogP contribution in [-0.2, 0) is 4.74 Å². The van der Waals surface area contributed by atoms with E-state index in [1.807, 2.05) is 61.5 Å². The lowest BCUT2D eigenvalue weighted by Crippen LogP contribution is -2.12. The predicted octanol–water partition coefficient (Wildman–Crippen LogP) is 4.97. The topological polar surface area (TPSA) is 36.9 Å². The highest BCUT2D eigenvalue weighted by Gasteiger charge is 2.04. The van der Waals surface area contributed by atoms with Gasteiger partial charge in [0, 0.05) is 4.47 Å². The molecule has 0 bridgehead atoms. The van der Waals surface area contributed by atoms with E-state index in [1.165, 1.54) is 0 Å². The van der Waals surface area contributed by atoms with Gasteiger partial charge in [-0.2, -0.15) is 0 Å². The molecule has 0 radical (unpaired) electrons. The van der Waals surface area contributed by atoms with E-state index >= 15 is 0 Å². The highest BCUT2D eigenvalue weighted by atomic mass is 79.9. The summed E-state index contributed by atoms with van der Waals surface area (Å²) < 4.78 is 23.2. The molecule has 0 unspecified atom stereocenters. The van der Waals surface area contributed by atoms with Gasteiger partial charge in [-0.05, 0) is 42.8 Å². The molecule has 0 aliphatic heterocycles. The standard InChI is InChI=1S/C20H23BrO4/c1-3-5-16-8-9-19(20(14-16)22-2)25-13-11-23-10-12-24-18-7-4-6-17(21)15-18/h3-9,14-15H,10-13H2,1-2H3/b5-3+. The minimum Gasteiger partial charge on any atom is -0.493 e. The van der Waals surface area contributed by atoms with Gasteiger partial charge in [0.15, 0.2) is 11.5 Å². The van der Waals surface area contributed by atoms with Crippen LogP contribution < -0.4 is 14.2 Å². The molecular weight excluding hydrogens is 384 g/mol. The lowest BCUT2D eigenvalue weighted by molar-refractivity contribution is 0.0757. The van der Waals surface area contributed by atoms with Gasteiger partial charge >= 0.3 is 0 Å². The van der Waals surface area contributed by atoms with Crippen molar-refractivity contribution in [1.82, 2.24) is 0 Å². The van der Waals surface area contributed by atoms with Crippen molar-refractivity contribution in [2.24, 2.45) is 0 Å². The zero-order valence-electron chi connectivity index (χ0n) is 14.5. The van der Waals surface area contributed by atoms with E-state index in [0.717, 1.165) is 15.8 Å². The van der Waals surface area contributed by atoms with Gasteiger partial charge in [0.2, 0.25) is 0 Å². The van der Waals surface area contributed by atoms with Crippen LogP contribution in [0.4, 0.5) is 0 Å². The molecule has 5 heteroatoms. The maximum atomic E-state index is 5.72. The molecule has 0 spiro atoms. The van der Waals surface area contributed by atoms with Crippen molar-refractivity contribution in [1.29, 1.82) is 0 Å². The molecule has 0 heterocycles. The molecule has 0 fully saturated rings. The zero-order chi connectivity index (χ0) is 17.9. The van der Waals surface area contributed by atoms with E-state index in [0.29, 0.717) is 37.9 Å². The largest absolute Gasteiger partial charge is 0.493 e. The fourth-order valence-corrected chi connectivity index (χ4v) is 2.57. The summed E-state index contributed by atoms with van der Waals surface area (Å²) in [5, 5.41) is 0. The van der Waals surface area contributed by atoms with Gasteiger partial charge in [-0.25, -0.2) is 0 Å². The molecule has 0 aliphatic carbocycles. The number of benzene rings is 2. The first-order valence-electron chi connectivity index (χ1n) is 8.12. The van der Waals surface area contributed by atoms with Crippen LogP contribution >= 0.6 is 15.9 Å². The van der Waals surface area contributed by atoms with E-state index in [4.69, 9.17) is 18.9 Å². The lowest BCUT2D eigenvalue weighted by Gasteiger charge is -2.12. The summed E-state index contributed by atoms with van der Waals surface area (Å²) in [6.07, 6.45) is 4.00. The van der Waals surface area contributed by atoms with Crippen LogP contribution in [0.15, 0.2) is 53.0 Å². The van der Waals surface area contributed by atoms with E-state index in [1.54, 1.807) is 7.11 Å². The molecule has 25 heavy (non-hydrogen) atoms. The minimum atomic E-state index is 0.455. The van der Waals surface area contributed by atoms with E-state index < -0.39 is 0 Å². The SMILES string of the molecule is C/C=C/c1ccc(OCCOCCOc2cccc(Br)c2)c(OC)c1. The predicted molar refractivity (Wildman–Crippen MR) is 104 cm³/mol. The second-order valence-electron chi connectivity index (χ2n) is 5.18. The molecule has 0 atom stereocenters. The average Bonchev–Trinajstić information content (AvgIpc) is 2.62. The Hall–Kier alpha value is -1.98. The van der Waals surface area contributed by atoms with Crippen LogP contribution in [-0.4, -0.2) is 33.5 Å². The van der Waals surface area contributed by atoms with E-state index in [2.05, 4.69) is 15.9 Å². The number of allylic oxidation sites excluding steroid dienone is 1. The molecule has 0 aliphatic rings. The summed E-state index contributed by atoms with van der Waals surface area (Å²) in [5.74, 6) is 2.25. The highest BCUT2D eigenvalue weighted by molar-refractivity contribution is 9.10. The van der Waals surface area contributed by atoms with E-state index in [9.17, 15) is 0 Å². The number of ether oxygens (including phenoxy) is 4. The highest BCUT2D eigenvalue weighted by Crippen LogP contribution is 2.28. The fraction of sp³-hybridized carbons (Fsp3) is 0.300. The third kappa shape index (κ3) is 6.80. The smallest absolute Gasteiger partial charge is 0.161 e. The Morgan fingerprint density at radius 3 is 2.44 bits per heavy atom. The maximum absolute atomic E-state index is 5.72. The first kappa shape index (κ1) is 19.3. The van der Waals surface area contributed by atoms with Crippen molar-refractivity contribution in [2.45, 2.75) is 6.92 Å². The Bertz CT molecular complexity index is 685. The lowest BCUT2D eigenvalue weighted by atomic mass is 10.2. The van der Waals surface area contributed by atoms with Crippen LogP contribution in [0.1, 0.15) is 12.5 Å². The summed E-state index contributed by atoms with van der Waals surface area (Å²) in [4.78, 5) is 0. The first-order chi connectivity index (χ1) is 12.2. The third-order valence-corrected chi connectivity index (χ3v) is 3.82. The van der Waals surface area contributed by atoms with Crippen LogP contribution in [0.2, 0.25) is 0 Å². The summed E-state index contributed by atoms with van der Waals surface area (Å²) in [6.45, 7) is 3.93. The molecular formula is C20H23BrO4. The molecule has 0 aromatic heterocycles. The van der Waals surface area contributed by atoms with Gasteiger partial charge in [0.1, 0.15) is 19.0 Å². The number of halogens is 1. The number of methoxy groups -OCH3 is 1. The number of rotatable bonds is 10. The Kier molecular flexibility index (Phi) is 8.35. The second kappa shape index (κ2) is 10.8. The van der Waals surface area contributed by atoms with Crippen molar-refractivity contribution >= 4 is 22.0 Å². The molecule has 2 aromatic carbocycles. The van der Waals surface area contributed by atoms with Crippen LogP contribution in [0.3, 0.4) is 0 Å². The quantitative estimate of drug-likeness (QED) is 0.522. The molecule has 2 aromatic rings. The minimum absolute atomic E-state index is 0.455. The Morgan fingerprint density at radius 2 is 1.72 bits per heavy atom. The summed E-state index contributed by atoms with van der Waals surface area (Å²) in [7, 11) is 1.64. The van der Waals surface area contributed by atoms with Gasteiger partial charge in [0.05, 0.1) is 20.3 Å². The zero-order valence-corrected chi connectivity index (χ0v) is 16.1. The molecule has 0 saturated heterocycles. The first-order valence-corrected chi connectivity index (χ1v) is 8.92. The Morgan fingerprint density at radius 1 is 0.920 bits per heavy atom. The molecule has 134 valence electrons. The van der Waals surface area contributed by atoms with Crippen LogP contribution in [0, 0.1) is 0 Å². The summed E-state index contributed by atoms with van der Waals surface area (Å²) in [5.41, 5.74) is 1.08. The third-order valence-electron chi connectivity index (χ3n) is 3.32. The van der Waals surface area contributed by atoms with Gasteiger partial charge in [-0.15, -0.1) is 0 Å². The van der Waals surface area contributed by atoms with Crippen molar-refractivity contribution in [3.05, 3.63) is 58.6 Å². The van der Waals surface area contributed by atoms with E-state index in [-0.39, 0.29) is 0 Å². The Balaban J connectivity index is 1.66. The van der Waals surface area contributed by atoms with Gasteiger partial charge in [-0.1, -0.05) is 40.2 Å². The molecule has 4 nitrogen and oxygen atoms in total. The van der Waals surface area contributed by atoms with Gasteiger partial charge < -0.3 is 18.9 Å². The molecule has 0 N–H and O–H groups in total.